The Bertz CT molecular complexity index is 529. The summed E-state index contributed by atoms with van der Waals surface area (Å²) in [6.45, 7) is 5.33. The van der Waals surface area contributed by atoms with E-state index in [1.54, 1.807) is 19.2 Å². The standard InChI is InChI=1S/C14H24N2O3S/c1-4-12-6-7-14(10-13(12)11-15)20(17,18)16(5-2)8-9-19-3/h6-7,10H,4-5,8-9,11,15H2,1-3H3. The van der Waals surface area contributed by atoms with Gasteiger partial charge in [0.05, 0.1) is 11.5 Å². The van der Waals surface area contributed by atoms with Crippen LogP contribution in [0.1, 0.15) is 25.0 Å². The van der Waals surface area contributed by atoms with Crippen molar-refractivity contribution < 1.29 is 13.2 Å². The molecular formula is C14H24N2O3S. The van der Waals surface area contributed by atoms with Crippen LogP contribution in [0.5, 0.6) is 0 Å². The highest BCUT2D eigenvalue weighted by Gasteiger charge is 2.23. The van der Waals surface area contributed by atoms with Gasteiger partial charge in [0.2, 0.25) is 10.0 Å². The third-order valence-corrected chi connectivity index (χ3v) is 5.28. The molecule has 0 fully saturated rings. The van der Waals surface area contributed by atoms with Crippen LogP contribution in [0, 0.1) is 0 Å². The summed E-state index contributed by atoms with van der Waals surface area (Å²) in [4.78, 5) is 0.299. The largest absolute Gasteiger partial charge is 0.383 e. The molecule has 0 aliphatic heterocycles. The van der Waals surface area contributed by atoms with Gasteiger partial charge in [-0.1, -0.05) is 19.9 Å². The number of benzene rings is 1. The van der Waals surface area contributed by atoms with Crippen molar-refractivity contribution >= 4 is 10.0 Å². The highest BCUT2D eigenvalue weighted by molar-refractivity contribution is 7.89. The van der Waals surface area contributed by atoms with Crippen molar-refractivity contribution in [1.82, 2.24) is 4.31 Å². The van der Waals surface area contributed by atoms with Gasteiger partial charge in [-0.15, -0.1) is 0 Å². The molecule has 20 heavy (non-hydrogen) atoms. The third kappa shape index (κ3) is 3.79. The van der Waals surface area contributed by atoms with E-state index >= 15 is 0 Å². The zero-order valence-electron chi connectivity index (χ0n) is 12.4. The lowest BCUT2D eigenvalue weighted by molar-refractivity contribution is 0.180. The molecule has 0 aliphatic rings. The predicted molar refractivity (Wildman–Crippen MR) is 80.0 cm³/mol. The topological polar surface area (TPSA) is 72.6 Å². The number of nitrogens with zero attached hydrogens (tertiary/aromatic N) is 1. The van der Waals surface area contributed by atoms with Crippen LogP contribution in [0.4, 0.5) is 0 Å². The van der Waals surface area contributed by atoms with E-state index in [1.807, 2.05) is 19.9 Å². The molecule has 0 amide bonds. The number of hydrogen-bond acceptors (Lipinski definition) is 4. The average Bonchev–Trinajstić information content (AvgIpc) is 2.46. The minimum absolute atomic E-state index is 0.299. The number of aryl methyl sites for hydroxylation is 1. The summed E-state index contributed by atoms with van der Waals surface area (Å²) in [6, 6.07) is 5.19. The number of nitrogens with two attached hydrogens (primary N) is 1. The van der Waals surface area contributed by atoms with E-state index in [1.165, 1.54) is 4.31 Å². The van der Waals surface area contributed by atoms with Crippen LogP contribution in [-0.2, 0) is 27.7 Å². The van der Waals surface area contributed by atoms with Crippen molar-refractivity contribution in [1.29, 1.82) is 0 Å². The number of sulfonamides is 1. The SMILES string of the molecule is CCc1ccc(S(=O)(=O)N(CC)CCOC)cc1CN. The summed E-state index contributed by atoms with van der Waals surface area (Å²) in [5.41, 5.74) is 7.67. The van der Waals surface area contributed by atoms with E-state index in [4.69, 9.17) is 10.5 Å². The molecule has 0 radical (unpaired) electrons. The molecular weight excluding hydrogens is 276 g/mol. The van der Waals surface area contributed by atoms with E-state index in [-0.39, 0.29) is 0 Å². The average molecular weight is 300 g/mol. The Morgan fingerprint density at radius 3 is 2.45 bits per heavy atom. The Labute approximate surface area is 121 Å². The van der Waals surface area contributed by atoms with Gasteiger partial charge < -0.3 is 10.5 Å². The lowest BCUT2D eigenvalue weighted by Crippen LogP contribution is -2.33. The molecule has 0 bridgehead atoms. The highest BCUT2D eigenvalue weighted by Crippen LogP contribution is 2.20. The van der Waals surface area contributed by atoms with E-state index in [0.29, 0.717) is 31.1 Å². The van der Waals surface area contributed by atoms with Gasteiger partial charge in [-0.2, -0.15) is 4.31 Å². The van der Waals surface area contributed by atoms with Gasteiger partial charge in [-0.25, -0.2) is 8.42 Å². The number of ether oxygens (including phenoxy) is 1. The summed E-state index contributed by atoms with van der Waals surface area (Å²) < 4.78 is 31.5. The van der Waals surface area contributed by atoms with Crippen LogP contribution in [0.25, 0.3) is 0 Å². The maximum atomic E-state index is 12.6. The summed E-state index contributed by atoms with van der Waals surface area (Å²) in [5.74, 6) is 0. The maximum absolute atomic E-state index is 12.6. The number of methoxy groups -OCH3 is 1. The van der Waals surface area contributed by atoms with Gasteiger partial charge in [0, 0.05) is 26.7 Å². The van der Waals surface area contributed by atoms with E-state index < -0.39 is 10.0 Å². The number of likely N-dealkylation sites (N-methyl/N-ethyl adjacent to an activating group) is 1. The molecule has 2 N–H and O–H groups in total. The first-order chi connectivity index (χ1) is 9.51. The van der Waals surface area contributed by atoms with E-state index in [9.17, 15) is 8.42 Å². The van der Waals surface area contributed by atoms with Crippen molar-refractivity contribution in [3.63, 3.8) is 0 Å². The second kappa shape index (κ2) is 7.73. The van der Waals surface area contributed by atoms with Crippen LogP contribution in [0.3, 0.4) is 0 Å². The third-order valence-electron chi connectivity index (χ3n) is 3.31. The zero-order chi connectivity index (χ0) is 15.2. The van der Waals surface area contributed by atoms with Crippen molar-refractivity contribution in [2.24, 2.45) is 5.73 Å². The zero-order valence-corrected chi connectivity index (χ0v) is 13.2. The van der Waals surface area contributed by atoms with Crippen molar-refractivity contribution in [3.05, 3.63) is 29.3 Å². The van der Waals surface area contributed by atoms with Crippen molar-refractivity contribution in [2.45, 2.75) is 31.7 Å². The van der Waals surface area contributed by atoms with Crippen molar-refractivity contribution in [2.75, 3.05) is 26.8 Å². The molecule has 0 heterocycles. The molecule has 6 heteroatoms. The van der Waals surface area contributed by atoms with Crippen LogP contribution < -0.4 is 5.73 Å². The Hall–Kier alpha value is -0.950. The van der Waals surface area contributed by atoms with Crippen LogP contribution >= 0.6 is 0 Å². The fourth-order valence-corrected chi connectivity index (χ4v) is 3.57. The highest BCUT2D eigenvalue weighted by atomic mass is 32.2. The second-order valence-corrected chi connectivity index (χ2v) is 6.42. The first-order valence-corrected chi connectivity index (χ1v) is 8.26. The van der Waals surface area contributed by atoms with Crippen LogP contribution in [0.2, 0.25) is 0 Å². The molecule has 1 aromatic rings. The Morgan fingerprint density at radius 1 is 1.25 bits per heavy atom. The number of hydrogen-bond donors (Lipinski definition) is 1. The molecule has 1 rings (SSSR count). The fraction of sp³-hybridized carbons (Fsp3) is 0.571. The Balaban J connectivity index is 3.13. The molecule has 0 saturated heterocycles. The summed E-state index contributed by atoms with van der Waals surface area (Å²) in [6.07, 6.45) is 0.841. The Morgan fingerprint density at radius 2 is 1.95 bits per heavy atom. The first kappa shape index (κ1) is 17.1. The quantitative estimate of drug-likeness (QED) is 0.787. The minimum atomic E-state index is -3.48. The molecule has 114 valence electrons. The lowest BCUT2D eigenvalue weighted by atomic mass is 10.1. The van der Waals surface area contributed by atoms with E-state index in [2.05, 4.69) is 0 Å². The van der Waals surface area contributed by atoms with Gasteiger partial charge in [0.1, 0.15) is 0 Å². The smallest absolute Gasteiger partial charge is 0.243 e. The van der Waals surface area contributed by atoms with Gasteiger partial charge in [0.25, 0.3) is 0 Å². The van der Waals surface area contributed by atoms with Crippen LogP contribution in [-0.4, -0.2) is 39.5 Å². The van der Waals surface area contributed by atoms with Gasteiger partial charge in [-0.3, -0.25) is 0 Å². The summed E-state index contributed by atoms with van der Waals surface area (Å²) in [7, 11) is -1.92. The maximum Gasteiger partial charge on any atom is 0.243 e. The van der Waals surface area contributed by atoms with Gasteiger partial charge in [0.15, 0.2) is 0 Å². The van der Waals surface area contributed by atoms with Gasteiger partial charge in [-0.05, 0) is 29.7 Å². The molecule has 0 aromatic heterocycles. The minimum Gasteiger partial charge on any atom is -0.383 e. The number of rotatable bonds is 8. The Kier molecular flexibility index (Phi) is 6.61. The first-order valence-electron chi connectivity index (χ1n) is 6.82. The summed E-state index contributed by atoms with van der Waals surface area (Å²) in [5, 5.41) is 0. The molecule has 0 aliphatic carbocycles. The van der Waals surface area contributed by atoms with Crippen molar-refractivity contribution in [3.8, 4) is 0 Å². The molecule has 5 nitrogen and oxygen atoms in total. The fourth-order valence-electron chi connectivity index (χ4n) is 2.09. The molecule has 0 spiro atoms. The van der Waals surface area contributed by atoms with E-state index in [0.717, 1.165) is 17.5 Å². The van der Waals surface area contributed by atoms with Gasteiger partial charge >= 0.3 is 0 Å². The molecule has 1 aromatic carbocycles. The molecule has 0 atom stereocenters. The lowest BCUT2D eigenvalue weighted by Gasteiger charge is -2.21. The monoisotopic (exact) mass is 300 g/mol. The second-order valence-electron chi connectivity index (χ2n) is 4.48. The molecule has 0 saturated carbocycles. The summed E-state index contributed by atoms with van der Waals surface area (Å²) >= 11 is 0. The predicted octanol–water partition coefficient (Wildman–Crippen LogP) is 1.36. The normalized spacial score (nSPS) is 12.1. The van der Waals surface area contributed by atoms with Crippen LogP contribution in [0.15, 0.2) is 23.1 Å². The molecule has 0 unspecified atom stereocenters.